The van der Waals surface area contributed by atoms with E-state index in [9.17, 15) is 18.0 Å². The lowest BCUT2D eigenvalue weighted by molar-refractivity contribution is -0.175. The summed E-state index contributed by atoms with van der Waals surface area (Å²) in [5, 5.41) is 0. The molecule has 0 aromatic heterocycles. The number of nitrogens with zero attached hydrogens (tertiary/aromatic N) is 1. The second-order valence-electron chi connectivity index (χ2n) is 4.58. The number of aryl methyl sites for hydroxylation is 1. The summed E-state index contributed by atoms with van der Waals surface area (Å²) in [5.41, 5.74) is 6.95. The smallest absolute Gasteiger partial charge is 0.362 e. The Bertz CT molecular complexity index is 464. The number of amides is 1. The number of anilines is 1. The van der Waals surface area contributed by atoms with Crippen LogP contribution in [-0.4, -0.2) is 38.4 Å². The fourth-order valence-corrected chi connectivity index (χ4v) is 1.83. The lowest BCUT2D eigenvalue weighted by Crippen LogP contribution is -2.37. The van der Waals surface area contributed by atoms with Crippen molar-refractivity contribution in [1.82, 2.24) is 0 Å². The largest absolute Gasteiger partial charge is 0.411 e. The second kappa shape index (κ2) is 7.99. The highest BCUT2D eigenvalue weighted by Crippen LogP contribution is 2.20. The number of carbonyl (C=O) groups excluding carboxylic acids is 1. The minimum atomic E-state index is -4.44. The Hall–Kier alpha value is -1.60. The van der Waals surface area contributed by atoms with Gasteiger partial charge in [-0.25, -0.2) is 0 Å². The number of carbonyl (C=O) groups is 1. The molecule has 2 N–H and O–H groups in total. The molecule has 1 aromatic rings. The maximum Gasteiger partial charge on any atom is 0.411 e. The van der Waals surface area contributed by atoms with E-state index in [0.29, 0.717) is 25.2 Å². The lowest BCUT2D eigenvalue weighted by Gasteiger charge is -2.24. The van der Waals surface area contributed by atoms with E-state index in [4.69, 9.17) is 5.73 Å². The number of ether oxygens (including phenoxy) is 1. The summed E-state index contributed by atoms with van der Waals surface area (Å²) in [5.74, 6) is -0.512. The molecule has 0 heterocycles. The standard InChI is InChI=1S/C14H19F3N2O2/c1-11-5-2-3-6-12(11)19(8-4-7-18)13(20)9-21-10-14(15,16)17/h2-3,5-6H,4,7-10,18H2,1H3. The van der Waals surface area contributed by atoms with Gasteiger partial charge in [0.05, 0.1) is 0 Å². The average Bonchev–Trinajstić information content (AvgIpc) is 2.39. The summed E-state index contributed by atoms with van der Waals surface area (Å²) in [6.07, 6.45) is -3.88. The number of hydrogen-bond donors (Lipinski definition) is 1. The third-order valence-electron chi connectivity index (χ3n) is 2.78. The molecular weight excluding hydrogens is 285 g/mol. The molecule has 0 fully saturated rings. The topological polar surface area (TPSA) is 55.6 Å². The van der Waals surface area contributed by atoms with Crippen LogP contribution in [0.4, 0.5) is 18.9 Å². The molecular formula is C14H19F3N2O2. The molecule has 0 saturated heterocycles. The van der Waals surface area contributed by atoms with Gasteiger partial charge in [-0.15, -0.1) is 0 Å². The average molecular weight is 304 g/mol. The van der Waals surface area contributed by atoms with E-state index in [1.165, 1.54) is 4.90 Å². The predicted octanol–water partition coefficient (Wildman–Crippen LogP) is 2.26. The number of para-hydroxylation sites is 1. The Morgan fingerprint density at radius 2 is 2.00 bits per heavy atom. The summed E-state index contributed by atoms with van der Waals surface area (Å²) >= 11 is 0. The summed E-state index contributed by atoms with van der Waals surface area (Å²) in [7, 11) is 0. The second-order valence-corrected chi connectivity index (χ2v) is 4.58. The Kier molecular flexibility index (Phi) is 6.64. The lowest BCUT2D eigenvalue weighted by atomic mass is 10.1. The number of halogens is 3. The third-order valence-corrected chi connectivity index (χ3v) is 2.78. The van der Waals surface area contributed by atoms with Crippen molar-refractivity contribution in [2.24, 2.45) is 5.73 Å². The van der Waals surface area contributed by atoms with Crippen molar-refractivity contribution in [1.29, 1.82) is 0 Å². The maximum absolute atomic E-state index is 12.1. The van der Waals surface area contributed by atoms with E-state index < -0.39 is 25.3 Å². The monoisotopic (exact) mass is 304 g/mol. The zero-order chi connectivity index (χ0) is 15.9. The van der Waals surface area contributed by atoms with Crippen LogP contribution in [0.15, 0.2) is 24.3 Å². The Morgan fingerprint density at radius 3 is 2.57 bits per heavy atom. The first-order valence-corrected chi connectivity index (χ1v) is 6.55. The number of alkyl halides is 3. The van der Waals surface area contributed by atoms with Gasteiger partial charge in [0.2, 0.25) is 0 Å². The van der Waals surface area contributed by atoms with Crippen LogP contribution in [0.1, 0.15) is 12.0 Å². The molecule has 1 amide bonds. The highest BCUT2D eigenvalue weighted by Gasteiger charge is 2.28. The van der Waals surface area contributed by atoms with Crippen LogP contribution in [0.25, 0.3) is 0 Å². The van der Waals surface area contributed by atoms with Crippen LogP contribution >= 0.6 is 0 Å². The van der Waals surface area contributed by atoms with Gasteiger partial charge in [-0.3, -0.25) is 4.79 Å². The summed E-state index contributed by atoms with van der Waals surface area (Å²) in [6, 6.07) is 7.16. The highest BCUT2D eigenvalue weighted by atomic mass is 19.4. The molecule has 0 atom stereocenters. The first-order chi connectivity index (χ1) is 9.85. The van der Waals surface area contributed by atoms with Crippen molar-refractivity contribution in [3.63, 3.8) is 0 Å². The molecule has 0 aliphatic rings. The van der Waals surface area contributed by atoms with Crippen LogP contribution in [0.3, 0.4) is 0 Å². The van der Waals surface area contributed by atoms with Crippen molar-refractivity contribution < 1.29 is 22.7 Å². The summed E-state index contributed by atoms with van der Waals surface area (Å²) in [6.45, 7) is 0.513. The van der Waals surface area contributed by atoms with E-state index in [2.05, 4.69) is 4.74 Å². The van der Waals surface area contributed by atoms with Gasteiger partial charge in [0.1, 0.15) is 13.2 Å². The summed E-state index contributed by atoms with van der Waals surface area (Å²) in [4.78, 5) is 13.5. The Morgan fingerprint density at radius 1 is 1.33 bits per heavy atom. The van der Waals surface area contributed by atoms with E-state index in [0.717, 1.165) is 5.56 Å². The first-order valence-electron chi connectivity index (χ1n) is 6.55. The molecule has 0 aliphatic heterocycles. The van der Waals surface area contributed by atoms with Crippen molar-refractivity contribution >= 4 is 11.6 Å². The van der Waals surface area contributed by atoms with Crippen molar-refractivity contribution in [3.05, 3.63) is 29.8 Å². The Labute approximate surface area is 121 Å². The molecule has 4 nitrogen and oxygen atoms in total. The molecule has 118 valence electrons. The highest BCUT2D eigenvalue weighted by molar-refractivity contribution is 5.95. The number of rotatable bonds is 7. The maximum atomic E-state index is 12.1. The third kappa shape index (κ3) is 6.14. The molecule has 7 heteroatoms. The van der Waals surface area contributed by atoms with Crippen LogP contribution < -0.4 is 10.6 Å². The van der Waals surface area contributed by atoms with Crippen LogP contribution in [-0.2, 0) is 9.53 Å². The summed E-state index contributed by atoms with van der Waals surface area (Å²) < 4.78 is 40.5. The van der Waals surface area contributed by atoms with Crippen molar-refractivity contribution in [3.8, 4) is 0 Å². The van der Waals surface area contributed by atoms with Gasteiger partial charge in [-0.05, 0) is 31.5 Å². The molecule has 0 radical (unpaired) electrons. The minimum absolute atomic E-state index is 0.343. The van der Waals surface area contributed by atoms with Gasteiger partial charge in [0.15, 0.2) is 0 Å². The zero-order valence-corrected chi connectivity index (χ0v) is 11.8. The fraction of sp³-hybridized carbons (Fsp3) is 0.500. The number of benzene rings is 1. The van der Waals surface area contributed by atoms with Crippen LogP contribution in [0.2, 0.25) is 0 Å². The van der Waals surface area contributed by atoms with Gasteiger partial charge in [-0.2, -0.15) is 13.2 Å². The molecule has 0 bridgehead atoms. The molecule has 1 aromatic carbocycles. The normalized spacial score (nSPS) is 11.5. The molecule has 0 saturated carbocycles. The molecule has 21 heavy (non-hydrogen) atoms. The van der Waals surface area contributed by atoms with Gasteiger partial charge < -0.3 is 15.4 Å². The van der Waals surface area contributed by atoms with Gasteiger partial charge in [0, 0.05) is 12.2 Å². The van der Waals surface area contributed by atoms with E-state index in [-0.39, 0.29) is 0 Å². The predicted molar refractivity (Wildman–Crippen MR) is 74.1 cm³/mol. The number of hydrogen-bond acceptors (Lipinski definition) is 3. The first kappa shape index (κ1) is 17.5. The number of nitrogens with two attached hydrogens (primary N) is 1. The van der Waals surface area contributed by atoms with Crippen LogP contribution in [0.5, 0.6) is 0 Å². The Balaban J connectivity index is 2.73. The molecule has 0 spiro atoms. The fourth-order valence-electron chi connectivity index (χ4n) is 1.83. The zero-order valence-electron chi connectivity index (χ0n) is 11.8. The van der Waals surface area contributed by atoms with Crippen molar-refractivity contribution in [2.45, 2.75) is 19.5 Å². The SMILES string of the molecule is Cc1ccccc1N(CCCN)C(=O)COCC(F)(F)F. The molecule has 0 aliphatic carbocycles. The molecule has 0 unspecified atom stereocenters. The quantitative estimate of drug-likeness (QED) is 0.840. The van der Waals surface area contributed by atoms with Gasteiger partial charge in [-0.1, -0.05) is 18.2 Å². The van der Waals surface area contributed by atoms with Gasteiger partial charge in [0.25, 0.3) is 5.91 Å². The van der Waals surface area contributed by atoms with E-state index in [1.807, 2.05) is 19.1 Å². The van der Waals surface area contributed by atoms with Crippen LogP contribution in [0, 0.1) is 6.92 Å². The minimum Gasteiger partial charge on any atom is -0.362 e. The van der Waals surface area contributed by atoms with Crippen molar-refractivity contribution in [2.75, 3.05) is 31.2 Å². The van der Waals surface area contributed by atoms with Gasteiger partial charge >= 0.3 is 6.18 Å². The molecule has 1 rings (SSSR count). The van der Waals surface area contributed by atoms with E-state index >= 15 is 0 Å². The van der Waals surface area contributed by atoms with E-state index in [1.54, 1.807) is 12.1 Å².